The average Bonchev–Trinajstić information content (AvgIpc) is 3.10. The highest BCUT2D eigenvalue weighted by Crippen LogP contribution is 2.42. The van der Waals surface area contributed by atoms with Crippen molar-refractivity contribution < 1.29 is 19.1 Å². The summed E-state index contributed by atoms with van der Waals surface area (Å²) in [5, 5.41) is 1.82. The largest absolute Gasteiger partial charge is 0.424 e. The average molecular weight is 395 g/mol. The monoisotopic (exact) mass is 395 g/mol. The number of amides is 1. The molecule has 2 aromatic rings. The first-order chi connectivity index (χ1) is 13.6. The molecule has 1 amide bonds. The smallest absolute Gasteiger partial charge is 0.334 e. The van der Waals surface area contributed by atoms with Gasteiger partial charge in [0, 0.05) is 36.3 Å². The van der Waals surface area contributed by atoms with Gasteiger partial charge in [0.2, 0.25) is 5.91 Å². The normalized spacial score (nSPS) is 16.9. The Balaban J connectivity index is 2.12. The number of carbonyl (C=O) groups is 3. The predicted octanol–water partition coefficient (Wildman–Crippen LogP) is 4.32. The van der Waals surface area contributed by atoms with E-state index < -0.39 is 17.4 Å². The number of esters is 1. The Morgan fingerprint density at radius 3 is 2.52 bits per heavy atom. The van der Waals surface area contributed by atoms with Gasteiger partial charge in [0.05, 0.1) is 0 Å². The molecule has 154 valence electrons. The molecule has 0 radical (unpaired) electrons. The second kappa shape index (κ2) is 7.97. The van der Waals surface area contributed by atoms with Crippen molar-refractivity contribution in [3.05, 3.63) is 41.5 Å². The Labute approximate surface area is 172 Å². The molecule has 1 aliphatic heterocycles. The fourth-order valence-corrected chi connectivity index (χ4v) is 4.66. The standard InChI is InChI=1S/C24H29NO4/c1-15-13-18-9-6-7-10-19(18)22(21(15)24(4,5)14-16(2)26)29-23(28)20-11-8-12-25(20)17(3)27/h6-7,9-10,13,20H,8,11-12,14H2,1-5H3. The van der Waals surface area contributed by atoms with Crippen LogP contribution in [0.4, 0.5) is 0 Å². The summed E-state index contributed by atoms with van der Waals surface area (Å²) in [6, 6.07) is 9.29. The summed E-state index contributed by atoms with van der Waals surface area (Å²) in [6.07, 6.45) is 1.74. The molecule has 3 rings (SSSR count). The van der Waals surface area contributed by atoms with Crippen molar-refractivity contribution >= 4 is 28.4 Å². The third kappa shape index (κ3) is 4.19. The maximum absolute atomic E-state index is 13.1. The highest BCUT2D eigenvalue weighted by atomic mass is 16.5. The Hall–Kier alpha value is -2.69. The first kappa shape index (κ1) is 21.0. The highest BCUT2D eigenvalue weighted by molar-refractivity contribution is 5.95. The number of rotatable bonds is 5. The fraction of sp³-hybridized carbons (Fsp3) is 0.458. The third-order valence-corrected chi connectivity index (χ3v) is 5.70. The van der Waals surface area contributed by atoms with Crippen molar-refractivity contribution in [3.63, 3.8) is 0 Å². The van der Waals surface area contributed by atoms with Crippen LogP contribution < -0.4 is 4.74 Å². The molecule has 5 nitrogen and oxygen atoms in total. The second-order valence-corrected chi connectivity index (χ2v) is 8.67. The van der Waals surface area contributed by atoms with Gasteiger partial charge in [-0.1, -0.05) is 44.2 Å². The molecule has 0 N–H and O–H groups in total. The molecule has 0 spiro atoms. The fourth-order valence-electron chi connectivity index (χ4n) is 4.66. The summed E-state index contributed by atoms with van der Waals surface area (Å²) < 4.78 is 6.03. The number of carbonyl (C=O) groups excluding carboxylic acids is 3. The van der Waals surface area contributed by atoms with Gasteiger partial charge in [-0.05, 0) is 37.6 Å². The molecular weight excluding hydrogens is 366 g/mol. The van der Waals surface area contributed by atoms with Gasteiger partial charge in [-0.2, -0.15) is 0 Å². The van der Waals surface area contributed by atoms with Crippen molar-refractivity contribution in [2.45, 2.75) is 65.3 Å². The molecule has 0 aliphatic carbocycles. The molecule has 0 saturated carbocycles. The molecule has 1 atom stereocenters. The quantitative estimate of drug-likeness (QED) is 0.559. The minimum Gasteiger partial charge on any atom is -0.424 e. The number of nitrogens with zero attached hydrogens (tertiary/aromatic N) is 1. The van der Waals surface area contributed by atoms with Gasteiger partial charge >= 0.3 is 5.97 Å². The highest BCUT2D eigenvalue weighted by Gasteiger charge is 2.36. The molecule has 0 bridgehead atoms. The summed E-state index contributed by atoms with van der Waals surface area (Å²) in [7, 11) is 0. The van der Waals surface area contributed by atoms with Gasteiger partial charge in [0.1, 0.15) is 17.6 Å². The zero-order valence-electron chi connectivity index (χ0n) is 17.9. The molecule has 1 saturated heterocycles. The molecule has 0 aromatic heterocycles. The van der Waals surface area contributed by atoms with Gasteiger partial charge in [0.25, 0.3) is 0 Å². The maximum atomic E-state index is 13.1. The molecule has 1 fully saturated rings. The number of hydrogen-bond acceptors (Lipinski definition) is 4. The number of fused-ring (bicyclic) bond motifs is 1. The van der Waals surface area contributed by atoms with Crippen LogP contribution in [-0.4, -0.2) is 35.1 Å². The van der Waals surface area contributed by atoms with Crippen molar-refractivity contribution in [2.24, 2.45) is 0 Å². The second-order valence-electron chi connectivity index (χ2n) is 8.67. The zero-order valence-corrected chi connectivity index (χ0v) is 17.9. The first-order valence-electron chi connectivity index (χ1n) is 10.1. The van der Waals surface area contributed by atoms with E-state index in [-0.39, 0.29) is 11.7 Å². The molecule has 5 heteroatoms. The van der Waals surface area contributed by atoms with Crippen LogP contribution in [0.5, 0.6) is 5.75 Å². The van der Waals surface area contributed by atoms with E-state index in [4.69, 9.17) is 4.74 Å². The van der Waals surface area contributed by atoms with Crippen LogP contribution in [0.1, 0.15) is 58.1 Å². The van der Waals surface area contributed by atoms with E-state index in [2.05, 4.69) is 6.07 Å². The Kier molecular flexibility index (Phi) is 5.78. The summed E-state index contributed by atoms with van der Waals surface area (Å²) in [4.78, 5) is 38.5. The van der Waals surface area contributed by atoms with Crippen LogP contribution in [0.3, 0.4) is 0 Å². The lowest BCUT2D eigenvalue weighted by Gasteiger charge is -2.30. The number of ketones is 1. The van der Waals surface area contributed by atoms with Gasteiger partial charge in [-0.25, -0.2) is 4.79 Å². The molecule has 2 aromatic carbocycles. The van der Waals surface area contributed by atoms with Crippen molar-refractivity contribution in [1.82, 2.24) is 4.90 Å². The van der Waals surface area contributed by atoms with Gasteiger partial charge in [-0.3, -0.25) is 9.59 Å². The molecular formula is C24H29NO4. The maximum Gasteiger partial charge on any atom is 0.334 e. The van der Waals surface area contributed by atoms with Crippen LogP contribution in [-0.2, 0) is 19.8 Å². The van der Waals surface area contributed by atoms with Gasteiger partial charge < -0.3 is 9.64 Å². The topological polar surface area (TPSA) is 63.7 Å². The molecule has 29 heavy (non-hydrogen) atoms. The van der Waals surface area contributed by atoms with E-state index in [9.17, 15) is 14.4 Å². The van der Waals surface area contributed by atoms with E-state index in [1.54, 1.807) is 11.8 Å². The van der Waals surface area contributed by atoms with Crippen molar-refractivity contribution in [3.8, 4) is 5.75 Å². The number of ether oxygens (including phenoxy) is 1. The summed E-state index contributed by atoms with van der Waals surface area (Å²) in [5.41, 5.74) is 1.35. The van der Waals surface area contributed by atoms with E-state index in [0.29, 0.717) is 25.1 Å². The Morgan fingerprint density at radius 1 is 1.17 bits per heavy atom. The van der Waals surface area contributed by atoms with Gasteiger partial charge in [0.15, 0.2) is 0 Å². The third-order valence-electron chi connectivity index (χ3n) is 5.70. The minimum atomic E-state index is -0.560. The number of aryl methyl sites for hydroxylation is 1. The number of benzene rings is 2. The Morgan fingerprint density at radius 2 is 1.86 bits per heavy atom. The van der Waals surface area contributed by atoms with Crippen LogP contribution in [0.2, 0.25) is 0 Å². The first-order valence-corrected chi connectivity index (χ1v) is 10.1. The SMILES string of the molecule is CC(=O)CC(C)(C)c1c(C)cc2ccccc2c1OC(=O)C1CCCN1C(C)=O. The number of Topliss-reactive ketones (excluding diaryl/α,β-unsaturated/α-hetero) is 1. The minimum absolute atomic E-state index is 0.0818. The summed E-state index contributed by atoms with van der Waals surface area (Å²) in [6.45, 7) is 9.62. The van der Waals surface area contributed by atoms with Crippen molar-refractivity contribution in [1.29, 1.82) is 0 Å². The van der Waals surface area contributed by atoms with Crippen LogP contribution in [0, 0.1) is 6.92 Å². The van der Waals surface area contributed by atoms with Gasteiger partial charge in [-0.15, -0.1) is 0 Å². The zero-order chi connectivity index (χ0) is 21.3. The predicted molar refractivity (Wildman–Crippen MR) is 113 cm³/mol. The van der Waals surface area contributed by atoms with Crippen molar-refractivity contribution in [2.75, 3.05) is 6.54 Å². The summed E-state index contributed by atoms with van der Waals surface area (Å²) in [5.74, 6) is 0.0645. The van der Waals surface area contributed by atoms with Crippen LogP contribution in [0.15, 0.2) is 30.3 Å². The number of likely N-dealkylation sites (tertiary alicyclic amines) is 1. The lowest BCUT2D eigenvalue weighted by atomic mass is 9.76. The van der Waals surface area contributed by atoms with E-state index in [0.717, 1.165) is 28.3 Å². The molecule has 1 unspecified atom stereocenters. The molecule has 1 aliphatic rings. The lowest BCUT2D eigenvalue weighted by molar-refractivity contribution is -0.145. The number of hydrogen-bond donors (Lipinski definition) is 0. The Bertz CT molecular complexity index is 976. The van der Waals surface area contributed by atoms with E-state index >= 15 is 0 Å². The van der Waals surface area contributed by atoms with E-state index in [1.165, 1.54) is 6.92 Å². The van der Waals surface area contributed by atoms with Crippen LogP contribution in [0.25, 0.3) is 10.8 Å². The van der Waals surface area contributed by atoms with E-state index in [1.807, 2.05) is 45.0 Å². The molecule has 1 heterocycles. The van der Waals surface area contributed by atoms with Crippen LogP contribution >= 0.6 is 0 Å². The lowest BCUT2D eigenvalue weighted by Crippen LogP contribution is -2.41. The summed E-state index contributed by atoms with van der Waals surface area (Å²) >= 11 is 0.